The zero-order chi connectivity index (χ0) is 22.9. The lowest BCUT2D eigenvalue weighted by Crippen LogP contribution is -2.26. The number of hydrogen-bond donors (Lipinski definition) is 2. The molecule has 33 heavy (non-hydrogen) atoms. The Morgan fingerprint density at radius 2 is 1.67 bits per heavy atom. The van der Waals surface area contributed by atoms with E-state index in [2.05, 4.69) is 24.3 Å². The summed E-state index contributed by atoms with van der Waals surface area (Å²) < 4.78 is 0. The van der Waals surface area contributed by atoms with Gasteiger partial charge in [-0.05, 0) is 107 Å². The first-order valence-corrected chi connectivity index (χ1v) is 14.6. The summed E-state index contributed by atoms with van der Waals surface area (Å²) in [7, 11) is 0. The van der Waals surface area contributed by atoms with Gasteiger partial charge in [-0.3, -0.25) is 0 Å². The summed E-state index contributed by atoms with van der Waals surface area (Å²) in [6.07, 6.45) is 32.3. The third-order valence-corrected chi connectivity index (χ3v) is 9.43. The van der Waals surface area contributed by atoms with Gasteiger partial charge >= 0.3 is 0 Å². The van der Waals surface area contributed by atoms with Crippen LogP contribution in [0.15, 0.2) is 35.5 Å². The summed E-state index contributed by atoms with van der Waals surface area (Å²) >= 11 is 0. The van der Waals surface area contributed by atoms with Crippen molar-refractivity contribution in [3.63, 3.8) is 0 Å². The number of aliphatic hydroxyl groups excluding tert-OH is 2. The number of aliphatic hydroxyl groups is 2. The van der Waals surface area contributed by atoms with Gasteiger partial charge in [0.25, 0.3) is 0 Å². The first-order chi connectivity index (χ1) is 16.2. The fourth-order valence-electron chi connectivity index (χ4n) is 7.36. The predicted molar refractivity (Wildman–Crippen MR) is 139 cm³/mol. The van der Waals surface area contributed by atoms with Gasteiger partial charge in [0.15, 0.2) is 0 Å². The summed E-state index contributed by atoms with van der Waals surface area (Å²) in [5, 5.41) is 21.4. The monoisotopic (exact) mass is 454 g/mol. The highest BCUT2D eigenvalue weighted by molar-refractivity contribution is 5.22. The van der Waals surface area contributed by atoms with Crippen molar-refractivity contribution in [1.29, 1.82) is 0 Å². The van der Waals surface area contributed by atoms with Gasteiger partial charge in [-0.2, -0.15) is 0 Å². The molecule has 4 unspecified atom stereocenters. The van der Waals surface area contributed by atoms with Crippen molar-refractivity contribution >= 4 is 0 Å². The number of hydrogen-bond acceptors (Lipinski definition) is 2. The van der Waals surface area contributed by atoms with Crippen LogP contribution >= 0.6 is 0 Å². The Bertz CT molecular complexity index is 664. The van der Waals surface area contributed by atoms with Crippen LogP contribution in [-0.2, 0) is 0 Å². The first kappa shape index (κ1) is 25.2. The van der Waals surface area contributed by atoms with E-state index in [1.54, 1.807) is 11.1 Å². The molecule has 0 amide bonds. The Morgan fingerprint density at radius 1 is 0.879 bits per heavy atom. The Morgan fingerprint density at radius 3 is 2.48 bits per heavy atom. The smallest absolute Gasteiger partial charge is 0.0723 e. The summed E-state index contributed by atoms with van der Waals surface area (Å²) in [6, 6.07) is 0. The lowest BCUT2D eigenvalue weighted by atomic mass is 9.68. The predicted octanol–water partition coefficient (Wildman–Crippen LogP) is 8.05. The van der Waals surface area contributed by atoms with Gasteiger partial charge in [0.1, 0.15) is 0 Å². The molecular formula is C31H50O2. The number of rotatable bonds is 10. The molecule has 0 aliphatic heterocycles. The van der Waals surface area contributed by atoms with Crippen molar-refractivity contribution in [2.75, 3.05) is 0 Å². The van der Waals surface area contributed by atoms with Crippen LogP contribution in [0.4, 0.5) is 0 Å². The minimum atomic E-state index is -0.276. The lowest BCUT2D eigenvalue weighted by Gasteiger charge is -2.38. The molecule has 0 heterocycles. The van der Waals surface area contributed by atoms with Crippen LogP contribution in [0.1, 0.15) is 122 Å². The quantitative estimate of drug-likeness (QED) is 0.259. The SMILES string of the molecule is OC(C=C1CCCC2CCCCC12)CCCCC(O)C1CCC(CCC2=CCCC=C2)CC1. The molecule has 0 bridgehead atoms. The molecule has 3 saturated carbocycles. The lowest BCUT2D eigenvalue weighted by molar-refractivity contribution is 0.0629. The molecule has 0 aromatic rings. The van der Waals surface area contributed by atoms with E-state index in [-0.39, 0.29) is 12.2 Å². The van der Waals surface area contributed by atoms with Gasteiger partial charge in [0, 0.05) is 0 Å². The van der Waals surface area contributed by atoms with E-state index in [1.807, 2.05) is 0 Å². The highest BCUT2D eigenvalue weighted by Crippen LogP contribution is 2.43. The molecule has 0 radical (unpaired) electrons. The van der Waals surface area contributed by atoms with Gasteiger partial charge < -0.3 is 10.2 Å². The second-order valence-corrected chi connectivity index (χ2v) is 11.8. The summed E-state index contributed by atoms with van der Waals surface area (Å²) in [5.74, 6) is 3.04. The van der Waals surface area contributed by atoms with Crippen LogP contribution in [0.2, 0.25) is 0 Å². The largest absolute Gasteiger partial charge is 0.393 e. The van der Waals surface area contributed by atoms with Gasteiger partial charge in [0.2, 0.25) is 0 Å². The molecular weight excluding hydrogens is 404 g/mol. The average molecular weight is 455 g/mol. The fraction of sp³-hybridized carbons (Fsp3) is 0.806. The Hall–Kier alpha value is -0.860. The number of allylic oxidation sites excluding steroid dienone is 5. The van der Waals surface area contributed by atoms with E-state index in [9.17, 15) is 10.2 Å². The van der Waals surface area contributed by atoms with Crippen LogP contribution in [-0.4, -0.2) is 22.4 Å². The van der Waals surface area contributed by atoms with E-state index in [0.717, 1.165) is 43.4 Å². The van der Waals surface area contributed by atoms with E-state index in [0.29, 0.717) is 5.92 Å². The maximum atomic E-state index is 10.8. The van der Waals surface area contributed by atoms with E-state index < -0.39 is 0 Å². The topological polar surface area (TPSA) is 40.5 Å². The second-order valence-electron chi connectivity index (χ2n) is 11.8. The number of unbranched alkanes of at least 4 members (excludes halogenated alkanes) is 1. The zero-order valence-corrected chi connectivity index (χ0v) is 21.1. The Kier molecular flexibility index (Phi) is 10.2. The zero-order valence-electron chi connectivity index (χ0n) is 21.1. The highest BCUT2D eigenvalue weighted by Gasteiger charge is 2.31. The van der Waals surface area contributed by atoms with E-state index >= 15 is 0 Å². The van der Waals surface area contributed by atoms with Crippen LogP contribution < -0.4 is 0 Å². The third kappa shape index (κ3) is 7.82. The van der Waals surface area contributed by atoms with E-state index in [4.69, 9.17) is 0 Å². The van der Waals surface area contributed by atoms with Crippen molar-refractivity contribution in [3.8, 4) is 0 Å². The second kappa shape index (κ2) is 13.3. The summed E-state index contributed by atoms with van der Waals surface area (Å²) in [4.78, 5) is 0. The molecule has 4 rings (SSSR count). The van der Waals surface area contributed by atoms with Crippen molar-refractivity contribution < 1.29 is 10.2 Å². The summed E-state index contributed by atoms with van der Waals surface area (Å²) in [6.45, 7) is 0. The van der Waals surface area contributed by atoms with Crippen LogP contribution in [0.3, 0.4) is 0 Å². The first-order valence-electron chi connectivity index (χ1n) is 14.6. The number of fused-ring (bicyclic) bond motifs is 1. The van der Waals surface area contributed by atoms with E-state index in [1.165, 1.54) is 96.3 Å². The molecule has 0 spiro atoms. The molecule has 0 saturated heterocycles. The van der Waals surface area contributed by atoms with Crippen molar-refractivity contribution in [1.82, 2.24) is 0 Å². The van der Waals surface area contributed by atoms with Crippen molar-refractivity contribution in [2.24, 2.45) is 23.7 Å². The molecule has 3 fully saturated rings. The minimum Gasteiger partial charge on any atom is -0.393 e. The molecule has 4 aliphatic carbocycles. The maximum Gasteiger partial charge on any atom is 0.0723 e. The van der Waals surface area contributed by atoms with Crippen molar-refractivity contribution in [2.45, 2.75) is 134 Å². The van der Waals surface area contributed by atoms with Crippen LogP contribution in [0, 0.1) is 23.7 Å². The van der Waals surface area contributed by atoms with Crippen LogP contribution in [0.5, 0.6) is 0 Å². The average Bonchev–Trinajstić information content (AvgIpc) is 2.86. The van der Waals surface area contributed by atoms with Gasteiger partial charge in [0.05, 0.1) is 12.2 Å². The standard InChI is InChI=1S/C31H50O2/c32-29(23-28-13-8-12-26-11-4-6-15-30(26)28)14-5-7-16-31(33)27-21-19-25(20-22-27)18-17-24-9-2-1-3-10-24/h2,9-10,23,25-27,29-33H,1,3-8,11-22H2. The molecule has 2 nitrogen and oxygen atoms in total. The van der Waals surface area contributed by atoms with Gasteiger partial charge in [-0.25, -0.2) is 0 Å². The molecule has 186 valence electrons. The minimum absolute atomic E-state index is 0.133. The molecule has 2 heteroatoms. The molecule has 4 atom stereocenters. The molecule has 0 aromatic heterocycles. The molecule has 4 aliphatic rings. The Balaban J connectivity index is 1.09. The van der Waals surface area contributed by atoms with Crippen molar-refractivity contribution in [3.05, 3.63) is 35.5 Å². The highest BCUT2D eigenvalue weighted by atomic mass is 16.3. The molecule has 0 aromatic carbocycles. The van der Waals surface area contributed by atoms with Gasteiger partial charge in [-0.1, -0.05) is 74.0 Å². The summed E-state index contributed by atoms with van der Waals surface area (Å²) in [5.41, 5.74) is 3.12. The normalized spacial score (nSPS) is 33.4. The Labute approximate surface area is 203 Å². The molecule has 2 N–H and O–H groups in total. The fourth-order valence-corrected chi connectivity index (χ4v) is 7.36. The van der Waals surface area contributed by atoms with Crippen LogP contribution in [0.25, 0.3) is 0 Å². The third-order valence-electron chi connectivity index (χ3n) is 9.43. The van der Waals surface area contributed by atoms with Gasteiger partial charge in [-0.15, -0.1) is 0 Å². The maximum absolute atomic E-state index is 10.8.